The molecule has 0 N–H and O–H groups in total. The molecule has 1 fully saturated rings. The van der Waals surface area contributed by atoms with Gasteiger partial charge in [0, 0.05) is 17.2 Å². The number of hydrogen-bond acceptors (Lipinski definition) is 4. The van der Waals surface area contributed by atoms with Gasteiger partial charge in [0.25, 0.3) is 11.8 Å². The number of anilines is 1. The third kappa shape index (κ3) is 2.68. The molecule has 0 spiro atoms. The summed E-state index contributed by atoms with van der Waals surface area (Å²) >= 11 is 0. The minimum atomic E-state index is -0.253. The van der Waals surface area contributed by atoms with Crippen molar-refractivity contribution in [3.05, 3.63) is 52.5 Å². The lowest BCUT2D eigenvalue weighted by Crippen LogP contribution is -2.33. The Kier molecular flexibility index (Phi) is 4.03. The predicted octanol–water partition coefficient (Wildman–Crippen LogP) is 4.20. The Morgan fingerprint density at radius 1 is 0.815 bits per heavy atom. The standard InChI is InChI=1S/C22H23N3O2/c26-21-15-10-4-5-11-16(15)22(27)25(21)20-17-12-6-7-13-18(17)23-19(24-20)14-8-2-1-3-9-14/h4-5,10-11,14H,1-3,6-9,12-13H2. The highest BCUT2D eigenvalue weighted by molar-refractivity contribution is 6.34. The summed E-state index contributed by atoms with van der Waals surface area (Å²) in [6.45, 7) is 0. The first-order valence-electron chi connectivity index (χ1n) is 10.1. The molecule has 27 heavy (non-hydrogen) atoms. The fourth-order valence-electron chi connectivity index (χ4n) is 4.70. The Hall–Kier alpha value is -2.56. The highest BCUT2D eigenvalue weighted by Crippen LogP contribution is 2.37. The van der Waals surface area contributed by atoms with Crippen LogP contribution >= 0.6 is 0 Å². The zero-order valence-corrected chi connectivity index (χ0v) is 15.4. The van der Waals surface area contributed by atoms with Gasteiger partial charge in [0.2, 0.25) is 0 Å². The van der Waals surface area contributed by atoms with Gasteiger partial charge in [-0.2, -0.15) is 0 Å². The van der Waals surface area contributed by atoms with Gasteiger partial charge in [-0.15, -0.1) is 0 Å². The van der Waals surface area contributed by atoms with Crippen molar-refractivity contribution in [2.24, 2.45) is 0 Å². The van der Waals surface area contributed by atoms with E-state index in [-0.39, 0.29) is 11.8 Å². The Balaban J connectivity index is 1.63. The Labute approximate surface area is 158 Å². The van der Waals surface area contributed by atoms with E-state index < -0.39 is 0 Å². The number of carbonyl (C=O) groups excluding carboxylic acids is 2. The maximum atomic E-state index is 13.0. The second-order valence-electron chi connectivity index (χ2n) is 7.86. The van der Waals surface area contributed by atoms with E-state index in [1.54, 1.807) is 24.3 Å². The molecule has 1 aliphatic heterocycles. The summed E-state index contributed by atoms with van der Waals surface area (Å²) in [6, 6.07) is 7.06. The van der Waals surface area contributed by atoms with Gasteiger partial charge in [-0.3, -0.25) is 9.59 Å². The minimum Gasteiger partial charge on any atom is -0.268 e. The number of hydrogen-bond donors (Lipinski definition) is 0. The number of aryl methyl sites for hydroxylation is 1. The Morgan fingerprint density at radius 3 is 2.19 bits per heavy atom. The van der Waals surface area contributed by atoms with Crippen LogP contribution in [0.4, 0.5) is 5.82 Å². The predicted molar refractivity (Wildman–Crippen MR) is 102 cm³/mol. The molecule has 1 saturated carbocycles. The fraction of sp³-hybridized carbons (Fsp3) is 0.455. The number of benzene rings is 1. The Morgan fingerprint density at radius 2 is 1.48 bits per heavy atom. The van der Waals surface area contributed by atoms with Crippen molar-refractivity contribution in [3.63, 3.8) is 0 Å². The van der Waals surface area contributed by atoms with Gasteiger partial charge in [0.05, 0.1) is 11.1 Å². The van der Waals surface area contributed by atoms with E-state index in [0.717, 1.165) is 55.6 Å². The normalized spacial score (nSPS) is 19.9. The molecule has 0 bridgehead atoms. The molecule has 0 saturated heterocycles. The summed E-state index contributed by atoms with van der Waals surface area (Å²) in [7, 11) is 0. The molecular weight excluding hydrogens is 338 g/mol. The number of rotatable bonds is 2. The quantitative estimate of drug-likeness (QED) is 0.752. The molecule has 5 heteroatoms. The van der Waals surface area contributed by atoms with Crippen LogP contribution in [0.3, 0.4) is 0 Å². The number of nitrogens with zero attached hydrogens (tertiary/aromatic N) is 3. The first kappa shape index (κ1) is 16.6. The van der Waals surface area contributed by atoms with E-state index in [9.17, 15) is 9.59 Å². The molecular formula is C22H23N3O2. The SMILES string of the molecule is O=C1c2ccccc2C(=O)N1c1nc(C2CCCCC2)nc2c1CCCC2. The minimum absolute atomic E-state index is 0.253. The molecule has 5 rings (SSSR count). The van der Waals surface area contributed by atoms with Crippen LogP contribution in [0.25, 0.3) is 0 Å². The van der Waals surface area contributed by atoms with E-state index in [2.05, 4.69) is 0 Å². The largest absolute Gasteiger partial charge is 0.268 e. The van der Waals surface area contributed by atoms with Crippen LogP contribution in [0.1, 0.15) is 88.7 Å². The summed E-state index contributed by atoms with van der Waals surface area (Å²) in [4.78, 5) is 37.1. The van der Waals surface area contributed by atoms with Crippen LogP contribution in [-0.4, -0.2) is 21.8 Å². The van der Waals surface area contributed by atoms with E-state index in [1.807, 2.05) is 0 Å². The van der Waals surface area contributed by atoms with Crippen molar-refractivity contribution in [1.82, 2.24) is 9.97 Å². The maximum Gasteiger partial charge on any atom is 0.267 e. The van der Waals surface area contributed by atoms with Crippen LogP contribution in [0.15, 0.2) is 24.3 Å². The third-order valence-corrected chi connectivity index (χ3v) is 6.15. The van der Waals surface area contributed by atoms with Crippen molar-refractivity contribution in [2.45, 2.75) is 63.7 Å². The van der Waals surface area contributed by atoms with E-state index in [4.69, 9.17) is 9.97 Å². The molecule has 2 aromatic rings. The fourth-order valence-corrected chi connectivity index (χ4v) is 4.70. The first-order chi connectivity index (χ1) is 13.2. The zero-order chi connectivity index (χ0) is 18.4. The Bertz CT molecular complexity index is 896. The van der Waals surface area contributed by atoms with E-state index >= 15 is 0 Å². The second-order valence-corrected chi connectivity index (χ2v) is 7.86. The monoisotopic (exact) mass is 361 g/mol. The smallest absolute Gasteiger partial charge is 0.267 e. The summed E-state index contributed by atoms with van der Waals surface area (Å²) in [5.74, 6) is 1.22. The molecule has 5 nitrogen and oxygen atoms in total. The summed E-state index contributed by atoms with van der Waals surface area (Å²) in [5, 5.41) is 0. The van der Waals surface area contributed by atoms with E-state index in [1.165, 1.54) is 24.2 Å². The van der Waals surface area contributed by atoms with Gasteiger partial charge in [-0.05, 0) is 50.7 Å². The topological polar surface area (TPSA) is 63.2 Å². The van der Waals surface area contributed by atoms with Gasteiger partial charge in [-0.1, -0.05) is 31.4 Å². The number of fused-ring (bicyclic) bond motifs is 2. The van der Waals surface area contributed by atoms with E-state index in [0.29, 0.717) is 22.9 Å². The molecule has 1 aromatic carbocycles. The molecule has 0 atom stereocenters. The van der Waals surface area contributed by atoms with Crippen LogP contribution in [0.5, 0.6) is 0 Å². The average Bonchev–Trinajstić information content (AvgIpc) is 2.98. The van der Waals surface area contributed by atoms with Crippen molar-refractivity contribution >= 4 is 17.6 Å². The molecule has 138 valence electrons. The molecule has 2 aliphatic carbocycles. The molecule has 2 amide bonds. The molecule has 3 aliphatic rings. The summed E-state index contributed by atoms with van der Waals surface area (Å²) in [5.41, 5.74) is 2.99. The maximum absolute atomic E-state index is 13.0. The van der Waals surface area contributed by atoms with Gasteiger partial charge in [0.1, 0.15) is 11.6 Å². The van der Waals surface area contributed by atoms with Gasteiger partial charge >= 0.3 is 0 Å². The average molecular weight is 361 g/mol. The highest BCUT2D eigenvalue weighted by atomic mass is 16.2. The van der Waals surface area contributed by atoms with Crippen molar-refractivity contribution in [3.8, 4) is 0 Å². The van der Waals surface area contributed by atoms with Crippen molar-refractivity contribution in [2.75, 3.05) is 4.90 Å². The van der Waals surface area contributed by atoms with Crippen LogP contribution in [-0.2, 0) is 12.8 Å². The summed E-state index contributed by atoms with van der Waals surface area (Å²) in [6.07, 6.45) is 9.77. The van der Waals surface area contributed by atoms with Crippen molar-refractivity contribution < 1.29 is 9.59 Å². The van der Waals surface area contributed by atoms with Crippen LogP contribution < -0.4 is 4.90 Å². The number of amides is 2. The number of imide groups is 1. The zero-order valence-electron chi connectivity index (χ0n) is 15.4. The van der Waals surface area contributed by atoms with Crippen LogP contribution in [0, 0.1) is 0 Å². The summed E-state index contributed by atoms with van der Waals surface area (Å²) < 4.78 is 0. The van der Waals surface area contributed by atoms with Crippen LogP contribution in [0.2, 0.25) is 0 Å². The lowest BCUT2D eigenvalue weighted by atomic mass is 9.88. The molecule has 0 unspecified atom stereocenters. The molecule has 0 radical (unpaired) electrons. The number of aromatic nitrogens is 2. The molecule has 1 aromatic heterocycles. The lowest BCUT2D eigenvalue weighted by Gasteiger charge is -2.26. The highest BCUT2D eigenvalue weighted by Gasteiger charge is 2.39. The third-order valence-electron chi connectivity index (χ3n) is 6.15. The van der Waals surface area contributed by atoms with Crippen molar-refractivity contribution in [1.29, 1.82) is 0 Å². The van der Waals surface area contributed by atoms with Gasteiger partial charge < -0.3 is 0 Å². The van der Waals surface area contributed by atoms with Gasteiger partial charge in [-0.25, -0.2) is 14.9 Å². The second kappa shape index (κ2) is 6.55. The van der Waals surface area contributed by atoms with Gasteiger partial charge in [0.15, 0.2) is 0 Å². The lowest BCUT2D eigenvalue weighted by molar-refractivity contribution is 0.0924. The molecule has 2 heterocycles. The first-order valence-corrected chi connectivity index (χ1v) is 10.1. The number of carbonyl (C=O) groups is 2.